The molecule has 204 valence electrons. The lowest BCUT2D eigenvalue weighted by Crippen LogP contribution is -2.42. The third-order valence-electron chi connectivity index (χ3n) is 6.42. The summed E-state index contributed by atoms with van der Waals surface area (Å²) in [5.74, 6) is -2.71. The minimum absolute atomic E-state index is 0.0233. The third-order valence-corrected chi connectivity index (χ3v) is 6.42. The SMILES string of the molecule is CCNc1ccc(-c2nn3cccnc3c2C(=O)N[C@H]2N=C(c3ccccc3)c3cccc(F)c3NC2=O)c(F)n1. The molecule has 1 aliphatic heterocycles. The van der Waals surface area contributed by atoms with Crippen molar-refractivity contribution < 1.29 is 18.4 Å². The molecular formula is C29H22F2N8O2. The monoisotopic (exact) mass is 552 g/mol. The summed E-state index contributed by atoms with van der Waals surface area (Å²) in [6.07, 6.45) is 1.56. The van der Waals surface area contributed by atoms with Gasteiger partial charge in [-0.3, -0.25) is 9.59 Å². The van der Waals surface area contributed by atoms with Crippen molar-refractivity contribution in [3.8, 4) is 11.3 Å². The smallest absolute Gasteiger partial charge is 0.269 e. The van der Waals surface area contributed by atoms with Gasteiger partial charge in [0, 0.05) is 30.1 Å². The van der Waals surface area contributed by atoms with Crippen LogP contribution < -0.4 is 16.0 Å². The maximum Gasteiger partial charge on any atom is 0.269 e. The molecule has 3 aromatic heterocycles. The number of halogens is 2. The molecule has 0 saturated heterocycles. The molecule has 0 radical (unpaired) electrons. The molecule has 2 amide bonds. The molecule has 2 aromatic carbocycles. The zero-order chi connectivity index (χ0) is 28.5. The summed E-state index contributed by atoms with van der Waals surface area (Å²) < 4.78 is 31.3. The predicted octanol–water partition coefficient (Wildman–Crippen LogP) is 4.05. The van der Waals surface area contributed by atoms with Crippen LogP contribution in [0.4, 0.5) is 20.3 Å². The van der Waals surface area contributed by atoms with Gasteiger partial charge >= 0.3 is 0 Å². The molecule has 1 atom stereocenters. The Morgan fingerprint density at radius 3 is 2.63 bits per heavy atom. The van der Waals surface area contributed by atoms with Gasteiger partial charge in [-0.15, -0.1) is 0 Å². The first-order valence-electron chi connectivity index (χ1n) is 12.7. The number of nitrogens with zero attached hydrogens (tertiary/aromatic N) is 5. The van der Waals surface area contributed by atoms with Crippen LogP contribution in [0.15, 0.2) is 84.1 Å². The number of anilines is 2. The van der Waals surface area contributed by atoms with Gasteiger partial charge in [-0.05, 0) is 31.2 Å². The first kappa shape index (κ1) is 25.7. The molecule has 41 heavy (non-hydrogen) atoms. The first-order chi connectivity index (χ1) is 19.9. The van der Waals surface area contributed by atoms with Gasteiger partial charge in [0.25, 0.3) is 11.8 Å². The topological polar surface area (TPSA) is 126 Å². The molecule has 1 aliphatic rings. The highest BCUT2D eigenvalue weighted by Gasteiger charge is 2.32. The lowest BCUT2D eigenvalue weighted by Gasteiger charge is -2.14. The molecule has 0 bridgehead atoms. The molecular weight excluding hydrogens is 530 g/mol. The van der Waals surface area contributed by atoms with Crippen molar-refractivity contribution in [2.75, 3.05) is 17.2 Å². The zero-order valence-electron chi connectivity index (χ0n) is 21.6. The minimum Gasteiger partial charge on any atom is -0.370 e. The lowest BCUT2D eigenvalue weighted by atomic mass is 10.0. The number of rotatable bonds is 6. The van der Waals surface area contributed by atoms with Crippen molar-refractivity contribution in [3.63, 3.8) is 0 Å². The fourth-order valence-electron chi connectivity index (χ4n) is 4.59. The van der Waals surface area contributed by atoms with Gasteiger partial charge in [-0.2, -0.15) is 9.49 Å². The van der Waals surface area contributed by atoms with E-state index in [0.29, 0.717) is 29.2 Å². The summed E-state index contributed by atoms with van der Waals surface area (Å²) in [4.78, 5) is 39.8. The summed E-state index contributed by atoms with van der Waals surface area (Å²) in [6.45, 7) is 2.40. The Labute approximate surface area is 232 Å². The Morgan fingerprint density at radius 2 is 1.85 bits per heavy atom. The van der Waals surface area contributed by atoms with Crippen LogP contribution in [0.2, 0.25) is 0 Å². The molecule has 3 N–H and O–H groups in total. The Morgan fingerprint density at radius 1 is 1.02 bits per heavy atom. The van der Waals surface area contributed by atoms with E-state index in [0.717, 1.165) is 0 Å². The molecule has 12 heteroatoms. The van der Waals surface area contributed by atoms with E-state index >= 15 is 4.39 Å². The second kappa shape index (κ2) is 10.6. The fraction of sp³-hybridized carbons (Fsp3) is 0.103. The number of aliphatic imine (C=N–C) groups is 1. The van der Waals surface area contributed by atoms with Crippen LogP contribution in [-0.2, 0) is 4.79 Å². The number of hydrogen-bond acceptors (Lipinski definition) is 7. The van der Waals surface area contributed by atoms with Crippen molar-refractivity contribution in [1.82, 2.24) is 24.9 Å². The molecule has 4 heterocycles. The van der Waals surface area contributed by atoms with Gasteiger partial charge in [0.15, 0.2) is 5.65 Å². The molecule has 0 fully saturated rings. The summed E-state index contributed by atoms with van der Waals surface area (Å²) in [5, 5.41) is 12.5. The van der Waals surface area contributed by atoms with Crippen LogP contribution >= 0.6 is 0 Å². The highest BCUT2D eigenvalue weighted by Crippen LogP contribution is 2.29. The number of nitrogens with one attached hydrogen (secondary N) is 3. The van der Waals surface area contributed by atoms with Crippen LogP contribution in [0.25, 0.3) is 16.9 Å². The first-order valence-corrected chi connectivity index (χ1v) is 12.7. The standard InChI is InChI=1S/C29H22F2N8O2/c1-2-32-20-13-12-18(25(31)34-20)24-21(27-33-14-7-15-39(27)38-24)28(40)37-26-29(41)36-23-17(10-6-11-19(23)30)22(35-26)16-8-4-3-5-9-16/h3-15,26H,2H2,1H3,(H,32,34)(H,36,41)(H,37,40)/t26-/m1/s1. The molecule has 10 nitrogen and oxygen atoms in total. The average Bonchev–Trinajstić information content (AvgIpc) is 3.29. The van der Waals surface area contributed by atoms with E-state index in [1.54, 1.807) is 48.7 Å². The molecule has 6 rings (SSSR count). The Balaban J connectivity index is 1.44. The van der Waals surface area contributed by atoms with Crippen LogP contribution in [0.5, 0.6) is 0 Å². The van der Waals surface area contributed by atoms with Crippen molar-refractivity contribution in [3.05, 3.63) is 108 Å². The van der Waals surface area contributed by atoms with E-state index in [4.69, 9.17) is 0 Å². The third kappa shape index (κ3) is 4.75. The number of para-hydroxylation sites is 1. The second-order valence-corrected chi connectivity index (χ2v) is 9.05. The van der Waals surface area contributed by atoms with Gasteiger partial charge < -0.3 is 16.0 Å². The minimum atomic E-state index is -1.46. The number of amides is 2. The van der Waals surface area contributed by atoms with Crippen molar-refractivity contribution in [2.45, 2.75) is 13.1 Å². The normalized spacial score (nSPS) is 14.6. The number of fused-ring (bicyclic) bond motifs is 2. The van der Waals surface area contributed by atoms with Crippen LogP contribution in [-0.4, -0.2) is 49.8 Å². The Hall–Kier alpha value is -5.52. The number of carbonyl (C=O) groups excluding carboxylic acids is 2. The van der Waals surface area contributed by atoms with Gasteiger partial charge in [0.2, 0.25) is 12.1 Å². The van der Waals surface area contributed by atoms with E-state index < -0.39 is 29.7 Å². The van der Waals surface area contributed by atoms with Crippen LogP contribution in [0, 0.1) is 11.8 Å². The number of aromatic nitrogens is 4. The highest BCUT2D eigenvalue weighted by molar-refractivity contribution is 6.20. The molecule has 0 saturated carbocycles. The molecule has 0 unspecified atom stereocenters. The summed E-state index contributed by atoms with van der Waals surface area (Å²) in [7, 11) is 0. The maximum absolute atomic E-state index is 15.2. The fourth-order valence-corrected chi connectivity index (χ4v) is 4.59. The largest absolute Gasteiger partial charge is 0.370 e. The number of pyridine rings is 1. The quantitative estimate of drug-likeness (QED) is 0.273. The van der Waals surface area contributed by atoms with Gasteiger partial charge in [0.1, 0.15) is 22.9 Å². The van der Waals surface area contributed by atoms with Crippen molar-refractivity contribution in [2.24, 2.45) is 4.99 Å². The predicted molar refractivity (Wildman–Crippen MR) is 149 cm³/mol. The summed E-state index contributed by atoms with van der Waals surface area (Å²) >= 11 is 0. The van der Waals surface area contributed by atoms with Gasteiger partial charge in [-0.1, -0.05) is 42.5 Å². The second-order valence-electron chi connectivity index (χ2n) is 9.05. The number of hydrogen-bond donors (Lipinski definition) is 3. The summed E-state index contributed by atoms with van der Waals surface area (Å²) in [5.41, 5.74) is 1.21. The van der Waals surface area contributed by atoms with E-state index in [9.17, 15) is 14.0 Å². The number of benzodiazepines with no additional fused rings is 1. The Bertz CT molecular complexity index is 1840. The number of benzene rings is 2. The molecule has 0 aliphatic carbocycles. The van der Waals surface area contributed by atoms with Crippen LogP contribution in [0.1, 0.15) is 28.4 Å². The van der Waals surface area contributed by atoms with Crippen molar-refractivity contribution >= 4 is 34.7 Å². The van der Waals surface area contributed by atoms with E-state index in [1.165, 1.54) is 28.9 Å². The highest BCUT2D eigenvalue weighted by atomic mass is 19.1. The van der Waals surface area contributed by atoms with E-state index in [1.807, 2.05) is 13.0 Å². The van der Waals surface area contributed by atoms with E-state index in [2.05, 4.69) is 36.0 Å². The molecule has 0 spiro atoms. The summed E-state index contributed by atoms with van der Waals surface area (Å²) in [6, 6.07) is 17.9. The average molecular weight is 553 g/mol. The van der Waals surface area contributed by atoms with Gasteiger partial charge in [-0.25, -0.2) is 23.9 Å². The van der Waals surface area contributed by atoms with Crippen molar-refractivity contribution in [1.29, 1.82) is 0 Å². The Kier molecular flexibility index (Phi) is 6.63. The number of carbonyl (C=O) groups is 2. The maximum atomic E-state index is 15.2. The van der Waals surface area contributed by atoms with E-state index in [-0.39, 0.29) is 28.2 Å². The van der Waals surface area contributed by atoms with Crippen LogP contribution in [0.3, 0.4) is 0 Å². The lowest BCUT2D eigenvalue weighted by molar-refractivity contribution is -0.117. The van der Waals surface area contributed by atoms with Gasteiger partial charge in [0.05, 0.1) is 17.0 Å². The zero-order valence-corrected chi connectivity index (χ0v) is 21.6. The molecule has 5 aromatic rings.